The summed E-state index contributed by atoms with van der Waals surface area (Å²) < 4.78 is 0. The number of carbonyl (C=O) groups is 2. The van der Waals surface area contributed by atoms with Gasteiger partial charge in [-0.25, -0.2) is 0 Å². The van der Waals surface area contributed by atoms with Crippen molar-refractivity contribution in [2.75, 3.05) is 13.1 Å². The molecule has 1 saturated heterocycles. The highest BCUT2D eigenvalue weighted by molar-refractivity contribution is 5.94. The molecule has 2 amide bonds. The van der Waals surface area contributed by atoms with Crippen molar-refractivity contribution in [1.82, 2.24) is 16.0 Å². The van der Waals surface area contributed by atoms with Gasteiger partial charge in [0.25, 0.3) is 5.91 Å². The van der Waals surface area contributed by atoms with Crippen LogP contribution in [0.5, 0.6) is 0 Å². The first-order valence-electron chi connectivity index (χ1n) is 9.13. The van der Waals surface area contributed by atoms with Crippen molar-refractivity contribution in [2.24, 2.45) is 0 Å². The summed E-state index contributed by atoms with van der Waals surface area (Å²) in [6, 6.07) is 18.5. The van der Waals surface area contributed by atoms with Gasteiger partial charge in [-0.3, -0.25) is 9.59 Å². The lowest BCUT2D eigenvalue weighted by Crippen LogP contribution is -2.46. The van der Waals surface area contributed by atoms with E-state index in [9.17, 15) is 9.59 Å². The number of benzene rings is 2. The summed E-state index contributed by atoms with van der Waals surface area (Å²) in [6.07, 6.45) is 2.28. The number of piperidine rings is 1. The van der Waals surface area contributed by atoms with Gasteiger partial charge in [0.15, 0.2) is 0 Å². The van der Waals surface area contributed by atoms with Gasteiger partial charge < -0.3 is 16.0 Å². The van der Waals surface area contributed by atoms with Gasteiger partial charge in [0, 0.05) is 18.2 Å². The SMILES string of the molecule is Cl.O=C(CC(NC(=O)c1ccccc1)c1ccccc1)NC1CCCNC1. The van der Waals surface area contributed by atoms with Crippen LogP contribution in [0, 0.1) is 0 Å². The minimum atomic E-state index is -0.361. The van der Waals surface area contributed by atoms with Gasteiger partial charge >= 0.3 is 0 Å². The largest absolute Gasteiger partial charge is 0.352 e. The molecule has 2 unspecified atom stereocenters. The van der Waals surface area contributed by atoms with Crippen molar-refractivity contribution in [3.63, 3.8) is 0 Å². The van der Waals surface area contributed by atoms with Crippen LogP contribution >= 0.6 is 12.4 Å². The molecule has 5 nitrogen and oxygen atoms in total. The maximum absolute atomic E-state index is 12.5. The average molecular weight is 388 g/mol. The molecule has 144 valence electrons. The molecular formula is C21H26ClN3O2. The van der Waals surface area contributed by atoms with E-state index in [0.29, 0.717) is 5.56 Å². The van der Waals surface area contributed by atoms with Crippen LogP contribution in [0.1, 0.15) is 41.2 Å². The van der Waals surface area contributed by atoms with Crippen molar-refractivity contribution in [2.45, 2.75) is 31.3 Å². The maximum Gasteiger partial charge on any atom is 0.251 e. The minimum Gasteiger partial charge on any atom is -0.352 e. The molecule has 2 atom stereocenters. The van der Waals surface area contributed by atoms with E-state index in [-0.39, 0.29) is 42.7 Å². The van der Waals surface area contributed by atoms with E-state index >= 15 is 0 Å². The second-order valence-electron chi connectivity index (χ2n) is 6.62. The Bertz CT molecular complexity index is 719. The highest BCUT2D eigenvalue weighted by atomic mass is 35.5. The molecule has 0 bridgehead atoms. The van der Waals surface area contributed by atoms with Gasteiger partial charge in [-0.2, -0.15) is 0 Å². The Hall–Kier alpha value is -2.37. The second kappa shape index (κ2) is 10.7. The second-order valence-corrected chi connectivity index (χ2v) is 6.62. The molecule has 3 N–H and O–H groups in total. The van der Waals surface area contributed by atoms with E-state index in [4.69, 9.17) is 0 Å². The molecule has 0 aliphatic carbocycles. The fourth-order valence-corrected chi connectivity index (χ4v) is 3.22. The smallest absolute Gasteiger partial charge is 0.251 e. The normalized spacial score (nSPS) is 17.3. The zero-order valence-corrected chi connectivity index (χ0v) is 16.0. The van der Waals surface area contributed by atoms with Gasteiger partial charge in [0.2, 0.25) is 5.91 Å². The van der Waals surface area contributed by atoms with Crippen LogP contribution in [0.4, 0.5) is 0 Å². The summed E-state index contributed by atoms with van der Waals surface area (Å²) in [5, 5.41) is 9.38. The third-order valence-corrected chi connectivity index (χ3v) is 4.59. The number of rotatable bonds is 6. The van der Waals surface area contributed by atoms with Gasteiger partial charge in [-0.15, -0.1) is 12.4 Å². The lowest BCUT2D eigenvalue weighted by atomic mass is 10.0. The van der Waals surface area contributed by atoms with Crippen LogP contribution in [0.2, 0.25) is 0 Å². The van der Waals surface area contributed by atoms with Crippen LogP contribution in [0.25, 0.3) is 0 Å². The van der Waals surface area contributed by atoms with Crippen LogP contribution in [0.3, 0.4) is 0 Å². The highest BCUT2D eigenvalue weighted by Crippen LogP contribution is 2.18. The predicted molar refractivity (Wildman–Crippen MR) is 109 cm³/mol. The van der Waals surface area contributed by atoms with E-state index in [0.717, 1.165) is 31.5 Å². The molecule has 27 heavy (non-hydrogen) atoms. The fourth-order valence-electron chi connectivity index (χ4n) is 3.22. The lowest BCUT2D eigenvalue weighted by molar-refractivity contribution is -0.122. The van der Waals surface area contributed by atoms with Crippen LogP contribution in [-0.4, -0.2) is 30.9 Å². The maximum atomic E-state index is 12.5. The van der Waals surface area contributed by atoms with E-state index < -0.39 is 0 Å². The van der Waals surface area contributed by atoms with E-state index in [1.54, 1.807) is 12.1 Å². The Labute approximate surface area is 166 Å². The summed E-state index contributed by atoms with van der Waals surface area (Å²) in [5.74, 6) is -0.215. The van der Waals surface area contributed by atoms with Gasteiger partial charge in [-0.1, -0.05) is 48.5 Å². The zero-order chi connectivity index (χ0) is 18.2. The average Bonchev–Trinajstić information content (AvgIpc) is 2.69. The first kappa shape index (κ1) is 20.9. The molecule has 0 radical (unpaired) electrons. The zero-order valence-electron chi connectivity index (χ0n) is 15.2. The third kappa shape index (κ3) is 6.38. The number of amides is 2. The Morgan fingerprint density at radius 2 is 1.70 bits per heavy atom. The molecule has 1 fully saturated rings. The molecule has 2 aromatic rings. The Morgan fingerprint density at radius 3 is 2.33 bits per heavy atom. The quantitative estimate of drug-likeness (QED) is 0.713. The lowest BCUT2D eigenvalue weighted by Gasteiger charge is -2.25. The number of hydrogen-bond donors (Lipinski definition) is 3. The van der Waals surface area contributed by atoms with E-state index in [2.05, 4.69) is 16.0 Å². The number of hydrogen-bond acceptors (Lipinski definition) is 3. The van der Waals surface area contributed by atoms with Gasteiger partial charge in [-0.05, 0) is 37.1 Å². The highest BCUT2D eigenvalue weighted by Gasteiger charge is 2.21. The molecule has 1 aliphatic rings. The van der Waals surface area contributed by atoms with Crippen molar-refractivity contribution >= 4 is 24.2 Å². The first-order valence-corrected chi connectivity index (χ1v) is 9.13. The van der Waals surface area contributed by atoms with Crippen molar-refractivity contribution in [3.05, 3.63) is 71.8 Å². The number of carbonyl (C=O) groups excluding carboxylic acids is 2. The summed E-state index contributed by atoms with van der Waals surface area (Å²) in [6.45, 7) is 1.81. The van der Waals surface area contributed by atoms with E-state index in [1.165, 1.54) is 0 Å². The summed E-state index contributed by atoms with van der Waals surface area (Å²) >= 11 is 0. The Balaban J connectivity index is 0.00000261. The molecule has 0 saturated carbocycles. The molecule has 2 aromatic carbocycles. The van der Waals surface area contributed by atoms with Crippen molar-refractivity contribution in [1.29, 1.82) is 0 Å². The fraction of sp³-hybridized carbons (Fsp3) is 0.333. The van der Waals surface area contributed by atoms with Crippen molar-refractivity contribution in [3.8, 4) is 0 Å². The third-order valence-electron chi connectivity index (χ3n) is 4.59. The van der Waals surface area contributed by atoms with Crippen LogP contribution in [-0.2, 0) is 4.79 Å². The predicted octanol–water partition coefficient (Wildman–Crippen LogP) is 2.84. The van der Waals surface area contributed by atoms with Gasteiger partial charge in [0.1, 0.15) is 0 Å². The summed E-state index contributed by atoms with van der Waals surface area (Å²) in [4.78, 5) is 25.1. The Kier molecular flexibility index (Phi) is 8.30. The Morgan fingerprint density at radius 1 is 1.04 bits per heavy atom. The number of halogens is 1. The van der Waals surface area contributed by atoms with Crippen LogP contribution < -0.4 is 16.0 Å². The van der Waals surface area contributed by atoms with E-state index in [1.807, 2.05) is 48.5 Å². The molecule has 3 rings (SSSR count). The number of nitrogens with one attached hydrogen (secondary N) is 3. The van der Waals surface area contributed by atoms with Crippen molar-refractivity contribution < 1.29 is 9.59 Å². The topological polar surface area (TPSA) is 70.2 Å². The molecule has 1 heterocycles. The molecule has 0 aromatic heterocycles. The summed E-state index contributed by atoms with van der Waals surface area (Å²) in [7, 11) is 0. The molecule has 6 heteroatoms. The minimum absolute atomic E-state index is 0. The standard InChI is InChI=1S/C21H25N3O2.ClH/c25-20(23-18-12-7-13-22-15-18)14-19(16-8-3-1-4-9-16)24-21(26)17-10-5-2-6-11-17;/h1-6,8-11,18-19,22H,7,12-15H2,(H,23,25)(H,24,26);1H. The summed E-state index contributed by atoms with van der Waals surface area (Å²) in [5.41, 5.74) is 1.51. The molecule has 0 spiro atoms. The first-order chi connectivity index (χ1) is 12.7. The monoisotopic (exact) mass is 387 g/mol. The van der Waals surface area contributed by atoms with Crippen LogP contribution in [0.15, 0.2) is 60.7 Å². The molecule has 1 aliphatic heterocycles. The molecular weight excluding hydrogens is 362 g/mol. The van der Waals surface area contributed by atoms with Gasteiger partial charge in [0.05, 0.1) is 12.5 Å².